The molecule has 1 N–H and O–H groups in total. The second-order valence-corrected chi connectivity index (χ2v) is 9.33. The topological polar surface area (TPSA) is 64.0 Å². The first-order chi connectivity index (χ1) is 16.4. The molecule has 0 atom stereocenters. The van der Waals surface area contributed by atoms with Gasteiger partial charge in [-0.15, -0.1) is 0 Å². The van der Waals surface area contributed by atoms with Crippen molar-refractivity contribution in [3.05, 3.63) is 92.7 Å². The number of benzene rings is 3. The van der Waals surface area contributed by atoms with Crippen LogP contribution in [0.2, 0.25) is 5.02 Å². The summed E-state index contributed by atoms with van der Waals surface area (Å²) in [5.74, 6) is -0.0255. The zero-order valence-electron chi connectivity index (χ0n) is 19.4. The van der Waals surface area contributed by atoms with Crippen LogP contribution in [0.3, 0.4) is 0 Å². The molecule has 0 saturated heterocycles. The van der Waals surface area contributed by atoms with Crippen molar-refractivity contribution in [2.24, 2.45) is 0 Å². The molecule has 3 aromatic carbocycles. The number of aryl methyl sites for hydroxylation is 3. The lowest BCUT2D eigenvalue weighted by Gasteiger charge is -2.16. The molecule has 0 radical (unpaired) electrons. The number of nitrogens with one attached hydrogen (secondary N) is 1. The van der Waals surface area contributed by atoms with E-state index in [9.17, 15) is 9.59 Å². The number of thioether (sulfide) groups is 1. The van der Waals surface area contributed by atoms with Crippen LogP contribution in [-0.2, 0) is 17.6 Å². The number of amides is 1. The van der Waals surface area contributed by atoms with E-state index in [1.54, 1.807) is 18.2 Å². The molecule has 0 aliphatic heterocycles. The number of para-hydroxylation sites is 2. The molecule has 1 amide bonds. The standard InChI is InChI=1S/C27H26ClN3O2S/c1-4-18-9-8-10-19(5-2)25(18)30-24(32)16-34-27-29-23-12-7-6-11-21(23)26(33)31(27)20-14-13-17(3)22(28)15-20/h6-15H,4-5,16H2,1-3H3,(H,30,32). The SMILES string of the molecule is CCc1cccc(CC)c1NC(=O)CSc1nc2ccccc2c(=O)n1-c1ccc(C)c(Cl)c1. The van der Waals surface area contributed by atoms with Crippen LogP contribution in [0.4, 0.5) is 5.69 Å². The Bertz CT molecular complexity index is 1410. The van der Waals surface area contributed by atoms with Crippen molar-refractivity contribution in [3.63, 3.8) is 0 Å². The van der Waals surface area contributed by atoms with E-state index >= 15 is 0 Å². The molecular formula is C27H26ClN3O2S. The Morgan fingerprint density at radius 3 is 2.41 bits per heavy atom. The van der Waals surface area contributed by atoms with E-state index in [2.05, 4.69) is 19.2 Å². The van der Waals surface area contributed by atoms with Crippen molar-refractivity contribution in [1.82, 2.24) is 9.55 Å². The fourth-order valence-corrected chi connectivity index (χ4v) is 4.85. The van der Waals surface area contributed by atoms with Crippen molar-refractivity contribution in [3.8, 4) is 5.69 Å². The van der Waals surface area contributed by atoms with Gasteiger partial charge in [0.25, 0.3) is 5.56 Å². The van der Waals surface area contributed by atoms with Crippen molar-refractivity contribution in [2.75, 3.05) is 11.1 Å². The van der Waals surface area contributed by atoms with E-state index < -0.39 is 0 Å². The average Bonchev–Trinajstić information content (AvgIpc) is 2.85. The van der Waals surface area contributed by atoms with Crippen LogP contribution >= 0.6 is 23.4 Å². The molecule has 0 unspecified atom stereocenters. The molecule has 0 fully saturated rings. The number of halogens is 1. The third kappa shape index (κ3) is 4.88. The van der Waals surface area contributed by atoms with Crippen LogP contribution < -0.4 is 10.9 Å². The molecule has 4 aromatic rings. The highest BCUT2D eigenvalue weighted by molar-refractivity contribution is 7.99. The van der Waals surface area contributed by atoms with Gasteiger partial charge in [-0.3, -0.25) is 14.2 Å². The predicted octanol–water partition coefficient (Wildman–Crippen LogP) is 6.20. The van der Waals surface area contributed by atoms with Crippen molar-refractivity contribution < 1.29 is 4.79 Å². The molecule has 0 spiro atoms. The number of hydrogen-bond donors (Lipinski definition) is 1. The highest BCUT2D eigenvalue weighted by Crippen LogP contribution is 2.26. The monoisotopic (exact) mass is 491 g/mol. The maximum absolute atomic E-state index is 13.4. The molecule has 5 nitrogen and oxygen atoms in total. The number of carbonyl (C=O) groups excluding carboxylic acids is 1. The highest BCUT2D eigenvalue weighted by Gasteiger charge is 2.16. The summed E-state index contributed by atoms with van der Waals surface area (Å²) >= 11 is 7.59. The number of fused-ring (bicyclic) bond motifs is 1. The number of anilines is 1. The van der Waals surface area contributed by atoms with Gasteiger partial charge in [0.15, 0.2) is 5.16 Å². The van der Waals surface area contributed by atoms with Gasteiger partial charge in [0.1, 0.15) is 0 Å². The Balaban J connectivity index is 1.69. The number of carbonyl (C=O) groups is 1. The minimum absolute atomic E-state index is 0.117. The van der Waals surface area contributed by atoms with Gasteiger partial charge >= 0.3 is 0 Å². The summed E-state index contributed by atoms with van der Waals surface area (Å²) < 4.78 is 1.53. The maximum Gasteiger partial charge on any atom is 0.266 e. The number of aromatic nitrogens is 2. The molecule has 34 heavy (non-hydrogen) atoms. The van der Waals surface area contributed by atoms with Gasteiger partial charge in [-0.1, -0.05) is 73.6 Å². The van der Waals surface area contributed by atoms with Gasteiger partial charge in [-0.05, 0) is 60.7 Å². The third-order valence-electron chi connectivity index (χ3n) is 5.75. The molecule has 1 aromatic heterocycles. The van der Waals surface area contributed by atoms with Gasteiger partial charge in [-0.2, -0.15) is 0 Å². The van der Waals surface area contributed by atoms with E-state index in [0.29, 0.717) is 26.8 Å². The Kier molecular flexibility index (Phi) is 7.39. The summed E-state index contributed by atoms with van der Waals surface area (Å²) in [5, 5.41) is 4.60. The number of nitrogens with zero attached hydrogens (tertiary/aromatic N) is 2. The lowest BCUT2D eigenvalue weighted by Crippen LogP contribution is -2.23. The molecule has 0 bridgehead atoms. The predicted molar refractivity (Wildman–Crippen MR) is 142 cm³/mol. The zero-order valence-corrected chi connectivity index (χ0v) is 21.0. The van der Waals surface area contributed by atoms with Crippen molar-refractivity contribution in [1.29, 1.82) is 0 Å². The number of rotatable bonds is 7. The molecule has 4 rings (SSSR count). The smallest absolute Gasteiger partial charge is 0.266 e. The minimum Gasteiger partial charge on any atom is -0.325 e. The Morgan fingerprint density at radius 2 is 1.74 bits per heavy atom. The summed E-state index contributed by atoms with van der Waals surface area (Å²) in [4.78, 5) is 31.1. The first kappa shape index (κ1) is 24.0. The summed E-state index contributed by atoms with van der Waals surface area (Å²) in [6, 6.07) is 18.8. The van der Waals surface area contributed by atoms with Gasteiger partial charge in [0.2, 0.25) is 5.91 Å². The fraction of sp³-hybridized carbons (Fsp3) is 0.222. The van der Waals surface area contributed by atoms with Crippen LogP contribution in [-0.4, -0.2) is 21.2 Å². The largest absolute Gasteiger partial charge is 0.325 e. The van der Waals surface area contributed by atoms with E-state index in [1.807, 2.05) is 49.4 Å². The fourth-order valence-electron chi connectivity index (χ4n) is 3.87. The lowest BCUT2D eigenvalue weighted by atomic mass is 10.0. The second-order valence-electron chi connectivity index (χ2n) is 7.98. The van der Waals surface area contributed by atoms with Gasteiger partial charge < -0.3 is 5.32 Å². The average molecular weight is 492 g/mol. The van der Waals surface area contributed by atoms with Crippen molar-refractivity contribution in [2.45, 2.75) is 38.8 Å². The van der Waals surface area contributed by atoms with Gasteiger partial charge in [-0.25, -0.2) is 4.98 Å². The highest BCUT2D eigenvalue weighted by atomic mass is 35.5. The molecule has 0 aliphatic rings. The molecule has 174 valence electrons. The van der Waals surface area contributed by atoms with Crippen LogP contribution in [0.1, 0.15) is 30.5 Å². The molecule has 1 heterocycles. The van der Waals surface area contributed by atoms with Crippen molar-refractivity contribution >= 4 is 45.9 Å². The van der Waals surface area contributed by atoms with E-state index in [1.165, 1.54) is 16.3 Å². The van der Waals surface area contributed by atoms with E-state index in [-0.39, 0.29) is 17.2 Å². The summed E-state index contributed by atoms with van der Waals surface area (Å²) in [6.45, 7) is 6.05. The summed E-state index contributed by atoms with van der Waals surface area (Å²) in [6.07, 6.45) is 1.66. The van der Waals surface area contributed by atoms with Crippen LogP contribution in [0.5, 0.6) is 0 Å². The Morgan fingerprint density at radius 1 is 1.03 bits per heavy atom. The van der Waals surface area contributed by atoms with Gasteiger partial charge in [0.05, 0.1) is 22.3 Å². The van der Waals surface area contributed by atoms with Crippen LogP contribution in [0, 0.1) is 6.92 Å². The maximum atomic E-state index is 13.4. The zero-order chi connectivity index (χ0) is 24.2. The van der Waals surface area contributed by atoms with E-state index in [0.717, 1.165) is 35.2 Å². The minimum atomic E-state index is -0.196. The normalized spacial score (nSPS) is 11.1. The quantitative estimate of drug-likeness (QED) is 0.247. The Hall–Kier alpha value is -3.09. The third-order valence-corrected chi connectivity index (χ3v) is 7.10. The van der Waals surface area contributed by atoms with Crippen LogP contribution in [0.25, 0.3) is 16.6 Å². The van der Waals surface area contributed by atoms with E-state index in [4.69, 9.17) is 16.6 Å². The molecular weight excluding hydrogens is 466 g/mol. The molecule has 0 aliphatic carbocycles. The first-order valence-corrected chi connectivity index (χ1v) is 12.6. The summed E-state index contributed by atoms with van der Waals surface area (Å²) in [5.41, 5.74) is 5.02. The lowest BCUT2D eigenvalue weighted by molar-refractivity contribution is -0.113. The molecule has 0 saturated carbocycles. The van der Waals surface area contributed by atoms with Gasteiger partial charge in [0, 0.05) is 10.7 Å². The Labute approximate surface area is 208 Å². The second kappa shape index (κ2) is 10.5. The summed E-state index contributed by atoms with van der Waals surface area (Å²) in [7, 11) is 0. The first-order valence-electron chi connectivity index (χ1n) is 11.2. The van der Waals surface area contributed by atoms with Crippen LogP contribution in [0.15, 0.2) is 70.6 Å². The molecule has 7 heteroatoms. The number of hydrogen-bond acceptors (Lipinski definition) is 4.